The quantitative estimate of drug-likeness (QED) is 0.754. The normalized spacial score (nSPS) is 11.9. The van der Waals surface area contributed by atoms with Gasteiger partial charge in [-0.05, 0) is 19.0 Å². The maximum Gasteiger partial charge on any atom is 0.344 e. The van der Waals surface area contributed by atoms with E-state index >= 15 is 0 Å². The number of carboxylic acid groups (broad SMARTS) is 1. The van der Waals surface area contributed by atoms with E-state index in [4.69, 9.17) is 14.6 Å². The topological polar surface area (TPSA) is 67.8 Å². The molecule has 1 aromatic carbocycles. The Kier molecular flexibility index (Phi) is 6.15. The van der Waals surface area contributed by atoms with Crippen molar-refractivity contribution < 1.29 is 19.4 Å². The summed E-state index contributed by atoms with van der Waals surface area (Å²) in [6.07, 6.45) is -0.467. The number of aliphatic carboxylic acids is 1. The second-order valence-electron chi connectivity index (χ2n) is 4.08. The molecule has 0 radical (unpaired) electrons. The van der Waals surface area contributed by atoms with E-state index in [0.717, 1.165) is 12.1 Å². The molecule has 5 nitrogen and oxygen atoms in total. The summed E-state index contributed by atoms with van der Waals surface area (Å²) in [7, 11) is 1.54. The molecule has 19 heavy (non-hydrogen) atoms. The van der Waals surface area contributed by atoms with Crippen LogP contribution in [0.1, 0.15) is 25.8 Å². The number of rotatable bonds is 8. The molecule has 0 bridgehead atoms. The first-order valence-electron chi connectivity index (χ1n) is 6.40. The molecule has 0 heterocycles. The Bertz CT molecular complexity index is 420. The second kappa shape index (κ2) is 7.63. The van der Waals surface area contributed by atoms with Crippen molar-refractivity contribution in [3.8, 4) is 11.5 Å². The number of methoxy groups -OCH3 is 1. The predicted molar refractivity (Wildman–Crippen MR) is 72.7 cm³/mol. The van der Waals surface area contributed by atoms with Gasteiger partial charge in [-0.1, -0.05) is 26.0 Å². The summed E-state index contributed by atoms with van der Waals surface area (Å²) in [5, 5.41) is 12.3. The van der Waals surface area contributed by atoms with Crippen LogP contribution in [-0.4, -0.2) is 30.8 Å². The van der Waals surface area contributed by atoms with Crippen molar-refractivity contribution in [3.05, 3.63) is 23.8 Å². The van der Waals surface area contributed by atoms with Crippen LogP contribution in [0, 0.1) is 0 Å². The number of carbonyl (C=O) groups is 1. The third kappa shape index (κ3) is 4.13. The van der Waals surface area contributed by atoms with Crippen molar-refractivity contribution in [1.82, 2.24) is 5.32 Å². The molecule has 0 aliphatic rings. The number of ether oxygens (including phenoxy) is 2. The Morgan fingerprint density at radius 1 is 1.42 bits per heavy atom. The van der Waals surface area contributed by atoms with Crippen LogP contribution in [0.15, 0.2) is 18.2 Å². The lowest BCUT2D eigenvalue weighted by Gasteiger charge is -2.19. The van der Waals surface area contributed by atoms with Gasteiger partial charge in [0, 0.05) is 12.1 Å². The van der Waals surface area contributed by atoms with Crippen LogP contribution < -0.4 is 14.8 Å². The SMILES string of the molecule is CCNCc1cccc(OC)c1OC(CC)C(=O)O. The van der Waals surface area contributed by atoms with E-state index < -0.39 is 12.1 Å². The number of carboxylic acids is 1. The molecule has 0 spiro atoms. The molecular formula is C14H21NO4. The molecule has 0 saturated carbocycles. The molecule has 0 aliphatic heterocycles. The highest BCUT2D eigenvalue weighted by Gasteiger charge is 2.20. The van der Waals surface area contributed by atoms with Gasteiger partial charge in [0.1, 0.15) is 0 Å². The van der Waals surface area contributed by atoms with E-state index in [2.05, 4.69) is 5.32 Å². The standard InChI is InChI=1S/C14H21NO4/c1-4-11(14(16)17)19-13-10(9-15-5-2)7-6-8-12(13)18-3/h6-8,11,15H,4-5,9H2,1-3H3,(H,16,17). The van der Waals surface area contributed by atoms with Crippen LogP contribution >= 0.6 is 0 Å². The molecule has 0 saturated heterocycles. The summed E-state index contributed by atoms with van der Waals surface area (Å²) in [5.74, 6) is 0.0816. The van der Waals surface area contributed by atoms with Crippen LogP contribution in [0.25, 0.3) is 0 Å². The van der Waals surface area contributed by atoms with Crippen LogP contribution in [0.3, 0.4) is 0 Å². The molecule has 106 valence electrons. The average molecular weight is 267 g/mol. The highest BCUT2D eigenvalue weighted by atomic mass is 16.5. The highest BCUT2D eigenvalue weighted by molar-refractivity contribution is 5.73. The maximum absolute atomic E-state index is 11.1. The van der Waals surface area contributed by atoms with Crippen LogP contribution in [0.4, 0.5) is 0 Å². The van der Waals surface area contributed by atoms with Gasteiger partial charge in [-0.3, -0.25) is 0 Å². The first kappa shape index (κ1) is 15.3. The van der Waals surface area contributed by atoms with Gasteiger partial charge >= 0.3 is 5.97 Å². The maximum atomic E-state index is 11.1. The van der Waals surface area contributed by atoms with Gasteiger partial charge in [-0.25, -0.2) is 4.79 Å². The first-order chi connectivity index (χ1) is 9.13. The Balaban J connectivity index is 3.02. The largest absolute Gasteiger partial charge is 0.493 e. The van der Waals surface area contributed by atoms with Crippen molar-refractivity contribution in [2.75, 3.05) is 13.7 Å². The van der Waals surface area contributed by atoms with E-state index in [9.17, 15) is 4.79 Å². The van der Waals surface area contributed by atoms with Gasteiger partial charge in [0.25, 0.3) is 0 Å². The summed E-state index contributed by atoms with van der Waals surface area (Å²) in [5.41, 5.74) is 0.890. The van der Waals surface area contributed by atoms with Crippen molar-refractivity contribution in [2.24, 2.45) is 0 Å². The number of hydrogen-bond acceptors (Lipinski definition) is 4. The van der Waals surface area contributed by atoms with Crippen molar-refractivity contribution in [3.63, 3.8) is 0 Å². The van der Waals surface area contributed by atoms with Gasteiger partial charge in [-0.2, -0.15) is 0 Å². The third-order valence-electron chi connectivity index (χ3n) is 2.75. The minimum atomic E-state index is -0.970. The lowest BCUT2D eigenvalue weighted by molar-refractivity contribution is -0.145. The Morgan fingerprint density at radius 3 is 2.68 bits per heavy atom. The van der Waals surface area contributed by atoms with E-state index in [-0.39, 0.29) is 0 Å². The highest BCUT2D eigenvalue weighted by Crippen LogP contribution is 2.32. The third-order valence-corrected chi connectivity index (χ3v) is 2.75. The Labute approximate surface area is 113 Å². The van der Waals surface area contributed by atoms with Gasteiger partial charge in [0.2, 0.25) is 0 Å². The zero-order valence-electron chi connectivity index (χ0n) is 11.6. The van der Waals surface area contributed by atoms with Crippen LogP contribution in [0.5, 0.6) is 11.5 Å². The molecule has 1 atom stereocenters. The zero-order chi connectivity index (χ0) is 14.3. The molecule has 1 unspecified atom stereocenters. The Hall–Kier alpha value is -1.75. The van der Waals surface area contributed by atoms with E-state index in [0.29, 0.717) is 24.5 Å². The lowest BCUT2D eigenvalue weighted by Crippen LogP contribution is -2.27. The molecule has 0 fully saturated rings. The van der Waals surface area contributed by atoms with Gasteiger partial charge in [0.15, 0.2) is 17.6 Å². The van der Waals surface area contributed by atoms with Crippen LogP contribution in [-0.2, 0) is 11.3 Å². The fourth-order valence-corrected chi connectivity index (χ4v) is 1.71. The zero-order valence-corrected chi connectivity index (χ0v) is 11.6. The summed E-state index contributed by atoms with van der Waals surface area (Å²) in [6, 6.07) is 5.52. The number of hydrogen-bond donors (Lipinski definition) is 2. The Morgan fingerprint density at radius 2 is 2.16 bits per heavy atom. The van der Waals surface area contributed by atoms with Crippen molar-refractivity contribution >= 4 is 5.97 Å². The molecule has 2 N–H and O–H groups in total. The van der Waals surface area contributed by atoms with Crippen LogP contribution in [0.2, 0.25) is 0 Å². The fraction of sp³-hybridized carbons (Fsp3) is 0.500. The van der Waals surface area contributed by atoms with Gasteiger partial charge < -0.3 is 19.9 Å². The summed E-state index contributed by atoms with van der Waals surface area (Å²) >= 11 is 0. The van der Waals surface area contributed by atoms with E-state index in [1.165, 1.54) is 0 Å². The second-order valence-corrected chi connectivity index (χ2v) is 4.08. The molecular weight excluding hydrogens is 246 g/mol. The molecule has 1 rings (SSSR count). The molecule has 0 amide bonds. The number of benzene rings is 1. The predicted octanol–water partition coefficient (Wildman–Crippen LogP) is 2.05. The van der Waals surface area contributed by atoms with Crippen molar-refractivity contribution in [2.45, 2.75) is 32.9 Å². The molecule has 0 aliphatic carbocycles. The molecule has 0 aromatic heterocycles. The number of nitrogens with one attached hydrogen (secondary N) is 1. The average Bonchev–Trinajstić information content (AvgIpc) is 2.42. The monoisotopic (exact) mass is 267 g/mol. The molecule has 5 heteroatoms. The summed E-state index contributed by atoms with van der Waals surface area (Å²) < 4.78 is 10.9. The minimum Gasteiger partial charge on any atom is -0.493 e. The summed E-state index contributed by atoms with van der Waals surface area (Å²) in [6.45, 7) is 5.22. The smallest absolute Gasteiger partial charge is 0.344 e. The van der Waals surface area contributed by atoms with E-state index in [1.807, 2.05) is 19.1 Å². The minimum absolute atomic E-state index is 0.397. The first-order valence-corrected chi connectivity index (χ1v) is 6.40. The lowest BCUT2D eigenvalue weighted by atomic mass is 10.1. The number of para-hydroxylation sites is 1. The van der Waals surface area contributed by atoms with Crippen molar-refractivity contribution in [1.29, 1.82) is 0 Å². The van der Waals surface area contributed by atoms with E-state index in [1.54, 1.807) is 20.1 Å². The summed E-state index contributed by atoms with van der Waals surface area (Å²) in [4.78, 5) is 11.1. The molecule has 1 aromatic rings. The van der Waals surface area contributed by atoms with Gasteiger partial charge in [-0.15, -0.1) is 0 Å². The van der Waals surface area contributed by atoms with Gasteiger partial charge in [0.05, 0.1) is 7.11 Å². The fourth-order valence-electron chi connectivity index (χ4n) is 1.71.